The maximum absolute atomic E-state index is 12.9. The van der Waals surface area contributed by atoms with Crippen molar-refractivity contribution in [1.82, 2.24) is 10.2 Å². The number of hydrogen-bond donors (Lipinski definition) is 1. The Morgan fingerprint density at radius 3 is 2.09 bits per heavy atom. The van der Waals surface area contributed by atoms with E-state index < -0.39 is 20.7 Å². The Kier molecular flexibility index (Phi) is 22.1. The highest BCUT2D eigenvalue weighted by Gasteiger charge is 2.27. The van der Waals surface area contributed by atoms with Gasteiger partial charge in [-0.05, 0) is 88.4 Å². The van der Waals surface area contributed by atoms with Crippen molar-refractivity contribution in [2.75, 3.05) is 44.8 Å². The highest BCUT2D eigenvalue weighted by atomic mass is 32.2. The van der Waals surface area contributed by atoms with Gasteiger partial charge in [-0.1, -0.05) is 49.4 Å². The summed E-state index contributed by atoms with van der Waals surface area (Å²) < 4.78 is 36.1. The summed E-state index contributed by atoms with van der Waals surface area (Å²) in [7, 11) is -2.15. The van der Waals surface area contributed by atoms with Gasteiger partial charge in [0.25, 0.3) is 0 Å². The van der Waals surface area contributed by atoms with Gasteiger partial charge in [-0.25, -0.2) is 13.2 Å². The third-order valence-corrected chi connectivity index (χ3v) is 8.89. The summed E-state index contributed by atoms with van der Waals surface area (Å²) in [6.45, 7) is 10.5. The van der Waals surface area contributed by atoms with Gasteiger partial charge in [0.1, 0.15) is 24.3 Å². The third-order valence-electron chi connectivity index (χ3n) is 7.12. The van der Waals surface area contributed by atoms with E-state index in [1.807, 2.05) is 54.1 Å². The van der Waals surface area contributed by atoms with Gasteiger partial charge in [-0.15, -0.1) is 0 Å². The molecule has 0 aliphatic heterocycles. The van der Waals surface area contributed by atoms with Gasteiger partial charge in [-0.3, -0.25) is 9.59 Å². The average Bonchev–Trinajstić information content (AvgIpc) is 3.16. The van der Waals surface area contributed by atoms with Crippen LogP contribution in [0.15, 0.2) is 125 Å². The van der Waals surface area contributed by atoms with E-state index in [0.29, 0.717) is 38.0 Å². The summed E-state index contributed by atoms with van der Waals surface area (Å²) in [5.74, 6) is -1.39. The summed E-state index contributed by atoms with van der Waals surface area (Å²) >= 11 is 0. The monoisotopic (exact) mass is 743 g/mol. The number of likely N-dealkylation sites (N-methyl/N-ethyl adjacent to an activating group) is 1. The summed E-state index contributed by atoms with van der Waals surface area (Å²) in [4.78, 5) is 39.0. The van der Waals surface area contributed by atoms with Gasteiger partial charge < -0.3 is 24.6 Å². The average molecular weight is 744 g/mol. The van der Waals surface area contributed by atoms with Gasteiger partial charge in [0, 0.05) is 44.0 Å². The quantitative estimate of drug-likeness (QED) is 0.0543. The first-order chi connectivity index (χ1) is 25.4. The van der Waals surface area contributed by atoms with E-state index in [2.05, 4.69) is 11.9 Å². The molecule has 0 aliphatic carbocycles. The van der Waals surface area contributed by atoms with E-state index in [4.69, 9.17) is 20.0 Å². The van der Waals surface area contributed by atoms with Crippen molar-refractivity contribution in [3.05, 3.63) is 120 Å². The van der Waals surface area contributed by atoms with E-state index in [1.165, 1.54) is 30.4 Å². The first kappa shape index (κ1) is 45.1. The Hall–Kier alpha value is -5.92. The lowest BCUT2D eigenvalue weighted by Crippen LogP contribution is -2.24. The number of nitrogens with zero attached hydrogens (tertiary/aromatic N) is 4. The van der Waals surface area contributed by atoms with E-state index in [1.54, 1.807) is 62.7 Å². The fourth-order valence-corrected chi connectivity index (χ4v) is 5.48. The smallest absolute Gasteiger partial charge is 0.350 e. The minimum atomic E-state index is -4.06. The van der Waals surface area contributed by atoms with Crippen LogP contribution in [0.25, 0.3) is 0 Å². The molecule has 282 valence electrons. The maximum atomic E-state index is 12.9. The number of sulfone groups is 1. The second kappa shape index (κ2) is 25.9. The zero-order valence-corrected chi connectivity index (χ0v) is 31.7. The molecule has 0 unspecified atom stereocenters. The summed E-state index contributed by atoms with van der Waals surface area (Å²) in [6.07, 6.45) is 11.8. The number of ether oxygens (including phenoxy) is 2. The molecule has 2 aromatic rings. The molecule has 0 aliphatic rings. The van der Waals surface area contributed by atoms with E-state index >= 15 is 0 Å². The zero-order chi connectivity index (χ0) is 39.5. The predicted octanol–water partition coefficient (Wildman–Crippen LogP) is 6.15. The Bertz CT molecular complexity index is 1770. The molecule has 1 N–H and O–H groups in total. The van der Waals surface area contributed by atoms with Gasteiger partial charge in [0.05, 0.1) is 18.0 Å². The number of anilines is 1. The minimum Gasteiger partial charge on any atom is -0.464 e. The van der Waals surface area contributed by atoms with Crippen LogP contribution >= 0.6 is 0 Å². The number of carbonyl (C=O) groups is 3. The molecule has 2 aromatic carbocycles. The van der Waals surface area contributed by atoms with Crippen LogP contribution in [0.4, 0.5) is 5.69 Å². The number of benzene rings is 2. The molecule has 53 heavy (non-hydrogen) atoms. The molecule has 0 saturated carbocycles. The van der Waals surface area contributed by atoms with E-state index in [-0.39, 0.29) is 35.6 Å². The van der Waals surface area contributed by atoms with Crippen molar-refractivity contribution in [1.29, 1.82) is 10.5 Å². The Balaban J connectivity index is 0.000000727. The highest BCUT2D eigenvalue weighted by molar-refractivity contribution is 7.96. The van der Waals surface area contributed by atoms with Crippen molar-refractivity contribution >= 4 is 33.4 Å². The number of carbonyl (C=O) groups excluding carboxylic acids is 3. The fourth-order valence-electron chi connectivity index (χ4n) is 4.18. The number of amides is 1. The summed E-state index contributed by atoms with van der Waals surface area (Å²) in [6, 6.07) is 21.1. The Morgan fingerprint density at radius 2 is 1.51 bits per heavy atom. The normalized spacial score (nSPS) is 10.9. The number of hydrogen-bond acceptors (Lipinski definition) is 11. The molecule has 0 radical (unpaired) electrons. The third kappa shape index (κ3) is 18.2. The second-order valence-corrected chi connectivity index (χ2v) is 13.1. The van der Waals surface area contributed by atoms with Crippen LogP contribution in [0.1, 0.15) is 46.5 Å². The van der Waals surface area contributed by atoms with Gasteiger partial charge >= 0.3 is 11.9 Å². The maximum Gasteiger partial charge on any atom is 0.350 e. The number of allylic oxidation sites excluding steroid dienone is 5. The number of nitrogens with one attached hydrogen (secondary N) is 1. The number of esters is 2. The lowest BCUT2D eigenvalue weighted by Gasteiger charge is -2.17. The molecule has 0 spiro atoms. The van der Waals surface area contributed by atoms with Gasteiger partial charge in [0.15, 0.2) is 4.91 Å². The Morgan fingerprint density at radius 1 is 0.887 bits per heavy atom. The molecule has 0 aromatic heterocycles. The SMILES string of the molecule is C=C(C)C(=O)NCCCCCC(=O)OCCN(C=CC=C(C(=O)OCC)S(=O)(=O)c1ccccc1)CC.CN(C=CC=C(C#N)C#N)c1ccccc1. The standard InChI is InChI=1S/C27H38N2O7S.C13H11N3/c1-5-29(20-21-36-25(30)17-11-8-12-18-28-26(31)22(3)4)19-13-16-24(27(32)35-6-2)37(33,34)23-14-9-7-10-15-23;1-16(13-7-3-2-4-8-13)9-5-6-12(10-14)11-15/h7,9-10,13-16,19H,3,5-6,8,11-12,17-18,20-21H2,1-2,4H3,(H,28,31);2-9H,1H3. The number of nitriles is 2. The lowest BCUT2D eigenvalue weighted by molar-refractivity contribution is -0.144. The molecule has 12 nitrogen and oxygen atoms in total. The topological polar surface area (TPSA) is 170 Å². The lowest BCUT2D eigenvalue weighted by atomic mass is 10.2. The zero-order valence-electron chi connectivity index (χ0n) is 30.9. The van der Waals surface area contributed by atoms with Crippen molar-refractivity contribution in [3.63, 3.8) is 0 Å². The molecule has 1 amide bonds. The van der Waals surface area contributed by atoms with Crippen LogP contribution in [-0.4, -0.2) is 71.1 Å². The predicted molar refractivity (Wildman–Crippen MR) is 205 cm³/mol. The van der Waals surface area contributed by atoms with Crippen molar-refractivity contribution in [3.8, 4) is 12.1 Å². The highest BCUT2D eigenvalue weighted by Crippen LogP contribution is 2.20. The minimum absolute atomic E-state index is 0.00132. The van der Waals surface area contributed by atoms with Crippen LogP contribution in [0.3, 0.4) is 0 Å². The molecule has 0 atom stereocenters. The number of rotatable bonds is 20. The van der Waals surface area contributed by atoms with E-state index in [0.717, 1.165) is 18.5 Å². The van der Waals surface area contributed by atoms with Crippen molar-refractivity contribution in [2.24, 2.45) is 0 Å². The molecular weight excluding hydrogens is 695 g/mol. The molecular formula is C40H49N5O7S. The molecule has 2 rings (SSSR count). The van der Waals surface area contributed by atoms with Gasteiger partial charge in [-0.2, -0.15) is 10.5 Å². The van der Waals surface area contributed by atoms with Crippen LogP contribution in [0.5, 0.6) is 0 Å². The van der Waals surface area contributed by atoms with E-state index in [9.17, 15) is 22.8 Å². The number of para-hydroxylation sites is 1. The fraction of sp³-hybridized carbons (Fsp3) is 0.325. The van der Waals surface area contributed by atoms with Crippen LogP contribution in [-0.2, 0) is 33.7 Å². The van der Waals surface area contributed by atoms with Crippen LogP contribution in [0, 0.1) is 22.7 Å². The van der Waals surface area contributed by atoms with Crippen LogP contribution < -0.4 is 10.2 Å². The molecule has 0 bridgehead atoms. The largest absolute Gasteiger partial charge is 0.464 e. The van der Waals surface area contributed by atoms with Gasteiger partial charge in [0.2, 0.25) is 15.7 Å². The van der Waals surface area contributed by atoms with Crippen LogP contribution in [0.2, 0.25) is 0 Å². The summed E-state index contributed by atoms with van der Waals surface area (Å²) in [5, 5.41) is 19.8. The number of unbranched alkanes of at least 4 members (excludes halogenated alkanes) is 2. The Labute approximate surface area is 313 Å². The first-order valence-electron chi connectivity index (χ1n) is 17.1. The molecule has 0 fully saturated rings. The van der Waals surface area contributed by atoms with Crippen molar-refractivity contribution < 1.29 is 32.3 Å². The molecule has 0 saturated heterocycles. The second-order valence-electron chi connectivity index (χ2n) is 11.2. The first-order valence-corrected chi connectivity index (χ1v) is 18.5. The summed E-state index contributed by atoms with van der Waals surface area (Å²) in [5.41, 5.74) is 1.60. The molecule has 0 heterocycles. The molecule has 13 heteroatoms. The van der Waals surface area contributed by atoms with Crippen molar-refractivity contribution in [2.45, 2.75) is 51.3 Å².